The Morgan fingerprint density at radius 3 is 0.966 bits per heavy atom. The molecule has 0 aliphatic heterocycles. The fourth-order valence-electron chi connectivity index (χ4n) is 3.94. The average Bonchev–Trinajstić information content (AvgIpc) is 2.73. The first kappa shape index (κ1) is 23.5. The molecular weight excluding hydrogens is 350 g/mol. The van der Waals surface area contributed by atoms with E-state index in [2.05, 4.69) is 69.4 Å². The third-order valence-electron chi connectivity index (χ3n) is 5.67. The lowest BCUT2D eigenvalue weighted by atomic mass is 9.99. The van der Waals surface area contributed by atoms with Gasteiger partial charge in [-0.3, -0.25) is 0 Å². The van der Waals surface area contributed by atoms with Crippen LogP contribution in [0.1, 0.15) is 101 Å². The third-order valence-corrected chi connectivity index (χ3v) is 5.67. The molecule has 0 heterocycles. The van der Waals surface area contributed by atoms with Crippen molar-refractivity contribution in [1.82, 2.24) is 0 Å². The van der Waals surface area contributed by atoms with Crippen LogP contribution in [0, 0.1) is 0 Å². The molecule has 0 radical (unpaired) electrons. The van der Waals surface area contributed by atoms with Crippen molar-refractivity contribution in [2.45, 2.75) is 105 Å². The fraction of sp³-hybridized carbons (Fsp3) is 0.571. The maximum atomic E-state index is 3.77. The van der Waals surface area contributed by atoms with E-state index >= 15 is 0 Å². The Morgan fingerprint density at radius 2 is 0.724 bits per heavy atom. The molecule has 2 aromatic carbocycles. The van der Waals surface area contributed by atoms with Gasteiger partial charge in [0.25, 0.3) is 0 Å². The Bertz CT molecular complexity index is 602. The number of anilines is 2. The molecule has 2 aromatic rings. The van der Waals surface area contributed by atoms with Crippen LogP contribution in [0.5, 0.6) is 0 Å². The summed E-state index contributed by atoms with van der Waals surface area (Å²) in [4.78, 5) is 0. The van der Waals surface area contributed by atoms with Gasteiger partial charge in [-0.2, -0.15) is 0 Å². The molecule has 0 unspecified atom stereocenters. The molecule has 29 heavy (non-hydrogen) atoms. The van der Waals surface area contributed by atoms with Crippen molar-refractivity contribution >= 4 is 11.4 Å². The van der Waals surface area contributed by atoms with E-state index in [0.717, 1.165) is 0 Å². The highest BCUT2D eigenvalue weighted by molar-refractivity contribution is 5.63. The quantitative estimate of drug-likeness (QED) is 0.338. The first-order valence-corrected chi connectivity index (χ1v) is 12.2. The minimum absolute atomic E-state index is 1.18. The van der Waals surface area contributed by atoms with E-state index in [1.165, 1.54) is 111 Å². The van der Waals surface area contributed by atoms with E-state index < -0.39 is 0 Å². The van der Waals surface area contributed by atoms with Gasteiger partial charge >= 0.3 is 0 Å². The fourth-order valence-corrected chi connectivity index (χ4v) is 3.94. The molecule has 1 heteroatoms. The minimum Gasteiger partial charge on any atom is -0.355 e. The minimum atomic E-state index is 1.18. The molecular formula is C28H43N. The van der Waals surface area contributed by atoms with Gasteiger partial charge in [0.1, 0.15) is 0 Å². The molecule has 1 nitrogen and oxygen atoms in total. The average molecular weight is 394 g/mol. The van der Waals surface area contributed by atoms with Crippen LogP contribution in [-0.4, -0.2) is 0 Å². The number of benzene rings is 2. The van der Waals surface area contributed by atoms with Crippen LogP contribution in [-0.2, 0) is 25.7 Å². The number of hydrogen-bond acceptors (Lipinski definition) is 1. The zero-order chi connectivity index (χ0) is 20.9. The summed E-state index contributed by atoms with van der Waals surface area (Å²) >= 11 is 0. The lowest BCUT2D eigenvalue weighted by Gasteiger charge is -2.15. The van der Waals surface area contributed by atoms with Crippen LogP contribution in [0.3, 0.4) is 0 Å². The molecule has 2 rings (SSSR count). The molecule has 0 fully saturated rings. The second-order valence-electron chi connectivity index (χ2n) is 8.62. The normalized spacial score (nSPS) is 11.0. The van der Waals surface area contributed by atoms with Gasteiger partial charge in [0.15, 0.2) is 0 Å². The summed E-state index contributed by atoms with van der Waals surface area (Å²) in [6.07, 6.45) is 14.8. The molecule has 0 saturated carbocycles. The van der Waals surface area contributed by atoms with Crippen LogP contribution in [0.15, 0.2) is 36.4 Å². The SMILES string of the molecule is CCCCc1cc(CCCC)cc(Nc2cc(CCCC)cc(CCCC)c2)c1. The molecule has 0 bridgehead atoms. The van der Waals surface area contributed by atoms with Gasteiger partial charge < -0.3 is 5.32 Å². The van der Waals surface area contributed by atoms with Crippen molar-refractivity contribution in [3.63, 3.8) is 0 Å². The summed E-state index contributed by atoms with van der Waals surface area (Å²) in [6, 6.07) is 14.3. The Morgan fingerprint density at radius 1 is 0.448 bits per heavy atom. The molecule has 0 amide bonds. The van der Waals surface area contributed by atoms with Gasteiger partial charge in [-0.1, -0.05) is 65.5 Å². The van der Waals surface area contributed by atoms with E-state index in [4.69, 9.17) is 0 Å². The van der Waals surface area contributed by atoms with E-state index in [9.17, 15) is 0 Å². The van der Waals surface area contributed by atoms with Crippen molar-refractivity contribution < 1.29 is 0 Å². The van der Waals surface area contributed by atoms with Gasteiger partial charge in [0.05, 0.1) is 0 Å². The lowest BCUT2D eigenvalue weighted by molar-refractivity contribution is 0.780. The standard InChI is InChI=1S/C28H43N/c1-5-9-13-23-17-24(14-10-6-2)20-27(19-23)29-28-21-25(15-11-7-3)18-26(22-28)16-12-8-4/h17-22,29H,5-16H2,1-4H3. The van der Waals surface area contributed by atoms with E-state index in [1.807, 2.05) is 0 Å². The molecule has 0 atom stereocenters. The van der Waals surface area contributed by atoms with Crippen molar-refractivity contribution in [1.29, 1.82) is 0 Å². The zero-order valence-corrected chi connectivity index (χ0v) is 19.4. The molecule has 0 aromatic heterocycles. The number of aryl methyl sites for hydroxylation is 4. The highest BCUT2D eigenvalue weighted by atomic mass is 14.9. The van der Waals surface area contributed by atoms with Gasteiger partial charge in [0, 0.05) is 11.4 Å². The Balaban J connectivity index is 2.26. The number of hydrogen-bond donors (Lipinski definition) is 1. The number of rotatable bonds is 14. The summed E-state index contributed by atoms with van der Waals surface area (Å²) in [5.74, 6) is 0. The van der Waals surface area contributed by atoms with E-state index in [1.54, 1.807) is 0 Å². The summed E-state index contributed by atoms with van der Waals surface area (Å²) < 4.78 is 0. The zero-order valence-electron chi connectivity index (χ0n) is 19.4. The second-order valence-corrected chi connectivity index (χ2v) is 8.62. The summed E-state index contributed by atoms with van der Waals surface area (Å²) in [6.45, 7) is 9.11. The monoisotopic (exact) mass is 393 g/mol. The number of unbranched alkanes of at least 4 members (excludes halogenated alkanes) is 4. The van der Waals surface area contributed by atoms with Crippen molar-refractivity contribution in [2.75, 3.05) is 5.32 Å². The Hall–Kier alpha value is -1.76. The summed E-state index contributed by atoms with van der Waals surface area (Å²) in [5.41, 5.74) is 8.46. The van der Waals surface area contributed by atoms with Gasteiger partial charge in [-0.05, 0) is 97.9 Å². The van der Waals surface area contributed by atoms with Gasteiger partial charge in [-0.15, -0.1) is 0 Å². The van der Waals surface area contributed by atoms with Crippen molar-refractivity contribution in [3.05, 3.63) is 58.7 Å². The van der Waals surface area contributed by atoms with Crippen molar-refractivity contribution in [3.8, 4) is 0 Å². The summed E-state index contributed by atoms with van der Waals surface area (Å²) in [7, 11) is 0. The predicted molar refractivity (Wildman–Crippen MR) is 131 cm³/mol. The van der Waals surface area contributed by atoms with Crippen LogP contribution in [0.4, 0.5) is 11.4 Å². The highest BCUT2D eigenvalue weighted by Gasteiger charge is 2.06. The maximum Gasteiger partial charge on any atom is 0.0389 e. The van der Waals surface area contributed by atoms with Crippen LogP contribution in [0.2, 0.25) is 0 Å². The number of nitrogens with one attached hydrogen (secondary N) is 1. The van der Waals surface area contributed by atoms with Gasteiger partial charge in [-0.25, -0.2) is 0 Å². The summed E-state index contributed by atoms with van der Waals surface area (Å²) in [5, 5.41) is 3.77. The first-order chi connectivity index (χ1) is 14.2. The predicted octanol–water partition coefficient (Wildman–Crippen LogP) is 8.80. The molecule has 0 saturated heterocycles. The maximum absolute atomic E-state index is 3.77. The molecule has 0 aliphatic rings. The van der Waals surface area contributed by atoms with Crippen LogP contribution < -0.4 is 5.32 Å². The van der Waals surface area contributed by atoms with Crippen LogP contribution in [0.25, 0.3) is 0 Å². The van der Waals surface area contributed by atoms with E-state index in [0.29, 0.717) is 0 Å². The second kappa shape index (κ2) is 13.5. The third kappa shape index (κ3) is 8.64. The van der Waals surface area contributed by atoms with Crippen LogP contribution >= 0.6 is 0 Å². The highest BCUT2D eigenvalue weighted by Crippen LogP contribution is 2.25. The molecule has 0 aliphatic carbocycles. The first-order valence-electron chi connectivity index (χ1n) is 12.2. The smallest absolute Gasteiger partial charge is 0.0389 e. The van der Waals surface area contributed by atoms with Crippen molar-refractivity contribution in [2.24, 2.45) is 0 Å². The topological polar surface area (TPSA) is 12.0 Å². The largest absolute Gasteiger partial charge is 0.355 e. The van der Waals surface area contributed by atoms with Gasteiger partial charge in [0.2, 0.25) is 0 Å². The molecule has 1 N–H and O–H groups in total. The van der Waals surface area contributed by atoms with E-state index in [-0.39, 0.29) is 0 Å². The molecule has 0 spiro atoms. The molecule has 160 valence electrons. The Kier molecular flexibility index (Phi) is 10.9. The Labute approximate surface area is 180 Å². The lowest BCUT2D eigenvalue weighted by Crippen LogP contribution is -1.99.